The molecule has 0 atom stereocenters. The zero-order valence-corrected chi connectivity index (χ0v) is 16.2. The Hall–Kier alpha value is -2.46. The van der Waals surface area contributed by atoms with Crippen LogP contribution in [0.5, 0.6) is 0 Å². The van der Waals surface area contributed by atoms with E-state index in [0.717, 1.165) is 28.1 Å². The van der Waals surface area contributed by atoms with Crippen LogP contribution in [0.15, 0.2) is 77.0 Å². The summed E-state index contributed by atoms with van der Waals surface area (Å²) < 4.78 is 0. The quantitative estimate of drug-likeness (QED) is 0.492. The van der Waals surface area contributed by atoms with Gasteiger partial charge in [-0.2, -0.15) is 0 Å². The Labute approximate surface area is 155 Å². The van der Waals surface area contributed by atoms with Crippen molar-refractivity contribution in [2.45, 2.75) is 13.8 Å². The van der Waals surface area contributed by atoms with E-state index in [1.54, 1.807) is 31.2 Å². The van der Waals surface area contributed by atoms with Gasteiger partial charge in [0, 0.05) is 24.6 Å². The lowest BCUT2D eigenvalue weighted by Crippen LogP contribution is -2.01. The molecule has 0 bridgehead atoms. The van der Waals surface area contributed by atoms with Crippen molar-refractivity contribution < 1.29 is 0 Å². The van der Waals surface area contributed by atoms with Gasteiger partial charge in [0.1, 0.15) is 0 Å². The molecule has 3 N–H and O–H groups in total. The maximum absolute atomic E-state index is 5.56. The number of nitrogens with zero attached hydrogens (tertiary/aromatic N) is 1. The highest BCUT2D eigenvalue weighted by Gasteiger charge is 2.06. The summed E-state index contributed by atoms with van der Waals surface area (Å²) >= 11 is 1.64. The second kappa shape index (κ2) is 11.2. The number of hydrogen-bond donors (Lipinski definition) is 2. The number of benzene rings is 1. The van der Waals surface area contributed by atoms with Gasteiger partial charge in [0.2, 0.25) is 0 Å². The zero-order valence-electron chi connectivity index (χ0n) is 15.4. The number of nitrogens with one attached hydrogen (secondary N) is 1. The summed E-state index contributed by atoms with van der Waals surface area (Å²) in [6.07, 6.45) is 13.3. The molecule has 0 fully saturated rings. The van der Waals surface area contributed by atoms with E-state index in [0.29, 0.717) is 0 Å². The Kier molecular flexibility index (Phi) is 9.19. The minimum atomic E-state index is 0.816. The minimum absolute atomic E-state index is 0.816. The van der Waals surface area contributed by atoms with E-state index in [9.17, 15) is 0 Å². The van der Waals surface area contributed by atoms with Gasteiger partial charge >= 0.3 is 0 Å². The van der Waals surface area contributed by atoms with Crippen LogP contribution in [-0.4, -0.2) is 19.5 Å². The molecular weight excluding hydrogens is 326 g/mol. The highest BCUT2D eigenvalue weighted by molar-refractivity contribution is 8.01. The first kappa shape index (κ1) is 20.6. The van der Waals surface area contributed by atoms with Crippen LogP contribution in [0.3, 0.4) is 0 Å². The van der Waals surface area contributed by atoms with E-state index in [-0.39, 0.29) is 0 Å². The van der Waals surface area contributed by atoms with Crippen molar-refractivity contribution in [3.8, 4) is 0 Å². The van der Waals surface area contributed by atoms with Crippen LogP contribution in [-0.2, 0) is 0 Å². The fraction of sp³-hybridized carbons (Fsp3) is 0.190. The molecule has 0 aliphatic rings. The smallest absolute Gasteiger partial charge is 0.0390 e. The lowest BCUT2D eigenvalue weighted by molar-refractivity contribution is 1.38. The molecule has 4 heteroatoms. The molecule has 0 aromatic heterocycles. The van der Waals surface area contributed by atoms with Gasteiger partial charge in [0.05, 0.1) is 0 Å². The molecule has 0 aliphatic carbocycles. The van der Waals surface area contributed by atoms with Crippen LogP contribution < -0.4 is 11.1 Å². The van der Waals surface area contributed by atoms with Crippen LogP contribution in [0.2, 0.25) is 0 Å². The topological polar surface area (TPSA) is 50.4 Å². The SMILES string of the molecule is C=C(Nc1ccc(C)c(C(/C=C\N)=C/C)c1)C(/C=C/SC)=C/C=NC. The molecule has 1 aromatic carbocycles. The third-order valence-electron chi connectivity index (χ3n) is 3.57. The van der Waals surface area contributed by atoms with E-state index < -0.39 is 0 Å². The molecule has 0 saturated heterocycles. The van der Waals surface area contributed by atoms with Gasteiger partial charge in [-0.3, -0.25) is 4.99 Å². The summed E-state index contributed by atoms with van der Waals surface area (Å²) in [6.45, 7) is 8.25. The second-order valence-corrected chi connectivity index (χ2v) is 6.05. The molecule has 132 valence electrons. The molecule has 0 aliphatic heterocycles. The van der Waals surface area contributed by atoms with Crippen LogP contribution in [0.25, 0.3) is 5.57 Å². The Morgan fingerprint density at radius 2 is 2.08 bits per heavy atom. The van der Waals surface area contributed by atoms with Crippen LogP contribution in [0, 0.1) is 6.92 Å². The summed E-state index contributed by atoms with van der Waals surface area (Å²) in [5.41, 5.74) is 11.8. The maximum atomic E-state index is 5.56. The Bertz CT molecular complexity index is 738. The monoisotopic (exact) mass is 353 g/mol. The molecule has 0 unspecified atom stereocenters. The maximum Gasteiger partial charge on any atom is 0.0390 e. The van der Waals surface area contributed by atoms with E-state index in [1.807, 2.05) is 42.9 Å². The number of aryl methyl sites for hydroxylation is 1. The third-order valence-corrected chi connectivity index (χ3v) is 3.97. The van der Waals surface area contributed by atoms with Crippen molar-refractivity contribution in [2.24, 2.45) is 10.7 Å². The second-order valence-electron chi connectivity index (χ2n) is 5.30. The molecule has 25 heavy (non-hydrogen) atoms. The molecule has 0 heterocycles. The van der Waals surface area contributed by atoms with Gasteiger partial charge in [0.25, 0.3) is 0 Å². The largest absolute Gasteiger partial charge is 0.405 e. The van der Waals surface area contributed by atoms with Crippen molar-refractivity contribution in [3.05, 3.63) is 83.1 Å². The first-order valence-electron chi connectivity index (χ1n) is 8.01. The Balaban J connectivity index is 3.13. The molecule has 0 spiro atoms. The Morgan fingerprint density at radius 3 is 2.68 bits per heavy atom. The molecular formula is C21H27N3S. The van der Waals surface area contributed by atoms with Crippen LogP contribution in [0.4, 0.5) is 5.69 Å². The molecule has 0 saturated carbocycles. The van der Waals surface area contributed by atoms with Crippen molar-refractivity contribution >= 4 is 29.2 Å². The molecule has 0 radical (unpaired) electrons. The number of nitrogens with two attached hydrogens (primary N) is 1. The van der Waals surface area contributed by atoms with Gasteiger partial charge in [-0.05, 0) is 84.3 Å². The van der Waals surface area contributed by atoms with Crippen molar-refractivity contribution in [2.75, 3.05) is 18.6 Å². The molecule has 1 aromatic rings. The third kappa shape index (κ3) is 6.51. The van der Waals surface area contributed by atoms with Crippen LogP contribution in [0.1, 0.15) is 18.1 Å². The summed E-state index contributed by atoms with van der Waals surface area (Å²) in [5.74, 6) is 0. The van der Waals surface area contributed by atoms with Crippen molar-refractivity contribution in [3.63, 3.8) is 0 Å². The first-order valence-corrected chi connectivity index (χ1v) is 9.29. The molecule has 0 amide bonds. The summed E-state index contributed by atoms with van der Waals surface area (Å²) in [5, 5.41) is 5.40. The standard InChI is InChI=1S/C21H27N3S/c1-6-18(9-12-22)21-15-20(8-7-16(21)2)24-17(3)19(10-13-23-4)11-14-25-5/h6-15,24H,3,22H2,1-2,4-5H3/b12-9-,14-11+,18-6+,19-10+,23-13?. The van der Waals surface area contributed by atoms with Gasteiger partial charge in [-0.25, -0.2) is 0 Å². The van der Waals surface area contributed by atoms with Gasteiger partial charge in [0.15, 0.2) is 0 Å². The molecule has 3 nitrogen and oxygen atoms in total. The number of hydrogen-bond acceptors (Lipinski definition) is 4. The molecule has 1 rings (SSSR count). The van der Waals surface area contributed by atoms with E-state index in [1.165, 1.54) is 5.56 Å². The van der Waals surface area contributed by atoms with Gasteiger partial charge < -0.3 is 11.1 Å². The Morgan fingerprint density at radius 1 is 1.32 bits per heavy atom. The number of aliphatic imine (C=N–C) groups is 1. The zero-order chi connectivity index (χ0) is 18.7. The minimum Gasteiger partial charge on any atom is -0.405 e. The van der Waals surface area contributed by atoms with Gasteiger partial charge in [-0.15, -0.1) is 11.8 Å². The summed E-state index contributed by atoms with van der Waals surface area (Å²) in [4.78, 5) is 4.02. The summed E-state index contributed by atoms with van der Waals surface area (Å²) in [6, 6.07) is 6.25. The van der Waals surface area contributed by atoms with Crippen molar-refractivity contribution in [1.29, 1.82) is 0 Å². The predicted molar refractivity (Wildman–Crippen MR) is 116 cm³/mol. The lowest BCUT2D eigenvalue weighted by atomic mass is 9.99. The van der Waals surface area contributed by atoms with E-state index >= 15 is 0 Å². The highest BCUT2D eigenvalue weighted by Crippen LogP contribution is 2.25. The first-order chi connectivity index (χ1) is 12.1. The van der Waals surface area contributed by atoms with Crippen LogP contribution >= 0.6 is 11.8 Å². The average molecular weight is 354 g/mol. The number of thioether (sulfide) groups is 1. The van der Waals surface area contributed by atoms with E-state index in [2.05, 4.69) is 42.0 Å². The predicted octanol–water partition coefficient (Wildman–Crippen LogP) is 5.30. The summed E-state index contributed by atoms with van der Waals surface area (Å²) in [7, 11) is 1.75. The van der Waals surface area contributed by atoms with Gasteiger partial charge in [-0.1, -0.05) is 18.7 Å². The average Bonchev–Trinajstić information content (AvgIpc) is 2.61. The highest BCUT2D eigenvalue weighted by atomic mass is 32.2. The number of anilines is 1. The van der Waals surface area contributed by atoms with E-state index in [4.69, 9.17) is 5.73 Å². The number of allylic oxidation sites excluding steroid dienone is 5. The fourth-order valence-corrected chi connectivity index (χ4v) is 2.54. The fourth-order valence-electron chi connectivity index (χ4n) is 2.26. The number of rotatable bonds is 8. The lowest BCUT2D eigenvalue weighted by Gasteiger charge is -2.14. The normalized spacial score (nSPS) is 13.3. The van der Waals surface area contributed by atoms with Crippen molar-refractivity contribution in [1.82, 2.24) is 0 Å².